The first-order valence-electron chi connectivity index (χ1n) is 7.94. The molecule has 110 valence electrons. The molecule has 2 N–H and O–H groups in total. The number of nitrogens with one attached hydrogen (secondary N) is 2. The van der Waals surface area contributed by atoms with Crippen molar-refractivity contribution in [1.82, 2.24) is 15.5 Å². The molecule has 4 heteroatoms. The van der Waals surface area contributed by atoms with E-state index in [9.17, 15) is 4.79 Å². The number of rotatable bonds is 6. The fourth-order valence-corrected chi connectivity index (χ4v) is 3.51. The van der Waals surface area contributed by atoms with Gasteiger partial charge in [0.25, 0.3) is 0 Å². The van der Waals surface area contributed by atoms with E-state index in [1.54, 1.807) is 0 Å². The predicted octanol–water partition coefficient (Wildman–Crippen LogP) is 1.51. The minimum absolute atomic E-state index is 0.221. The SMILES string of the molecule is CCCC1(C(=O)NC(C)CN2CCCC2)CCCN1. The van der Waals surface area contributed by atoms with Gasteiger partial charge in [0.15, 0.2) is 0 Å². The maximum absolute atomic E-state index is 12.5. The Kier molecular flexibility index (Phi) is 5.22. The van der Waals surface area contributed by atoms with Crippen LogP contribution in [0, 0.1) is 0 Å². The molecule has 1 amide bonds. The number of hydrogen-bond acceptors (Lipinski definition) is 3. The zero-order valence-corrected chi connectivity index (χ0v) is 12.5. The van der Waals surface area contributed by atoms with Crippen molar-refractivity contribution in [2.45, 2.75) is 64.0 Å². The predicted molar refractivity (Wildman–Crippen MR) is 78.2 cm³/mol. The van der Waals surface area contributed by atoms with Crippen LogP contribution in [0.5, 0.6) is 0 Å². The highest BCUT2D eigenvalue weighted by atomic mass is 16.2. The highest BCUT2D eigenvalue weighted by molar-refractivity contribution is 5.86. The molecule has 4 nitrogen and oxygen atoms in total. The highest BCUT2D eigenvalue weighted by Gasteiger charge is 2.40. The van der Waals surface area contributed by atoms with Gasteiger partial charge in [-0.1, -0.05) is 13.3 Å². The van der Waals surface area contributed by atoms with Gasteiger partial charge in [0.1, 0.15) is 0 Å². The molecule has 2 unspecified atom stereocenters. The van der Waals surface area contributed by atoms with Crippen molar-refractivity contribution < 1.29 is 4.79 Å². The minimum Gasteiger partial charge on any atom is -0.351 e. The summed E-state index contributed by atoms with van der Waals surface area (Å²) in [6, 6.07) is 0.252. The number of nitrogens with zero attached hydrogens (tertiary/aromatic N) is 1. The minimum atomic E-state index is -0.284. The Morgan fingerprint density at radius 2 is 2.11 bits per heavy atom. The van der Waals surface area contributed by atoms with E-state index < -0.39 is 0 Å². The Morgan fingerprint density at radius 1 is 1.37 bits per heavy atom. The van der Waals surface area contributed by atoms with Crippen molar-refractivity contribution in [2.24, 2.45) is 0 Å². The number of carbonyl (C=O) groups is 1. The molecule has 2 saturated heterocycles. The Bertz CT molecular complexity index is 294. The maximum atomic E-state index is 12.5. The van der Waals surface area contributed by atoms with Crippen molar-refractivity contribution in [3.63, 3.8) is 0 Å². The number of carbonyl (C=O) groups excluding carboxylic acids is 1. The van der Waals surface area contributed by atoms with E-state index in [0.29, 0.717) is 0 Å². The second-order valence-electron chi connectivity index (χ2n) is 6.24. The van der Waals surface area contributed by atoms with Crippen molar-refractivity contribution in [2.75, 3.05) is 26.2 Å². The second-order valence-corrected chi connectivity index (χ2v) is 6.24. The van der Waals surface area contributed by atoms with Gasteiger partial charge in [0.2, 0.25) is 5.91 Å². The van der Waals surface area contributed by atoms with E-state index >= 15 is 0 Å². The van der Waals surface area contributed by atoms with Gasteiger partial charge in [0, 0.05) is 12.6 Å². The lowest BCUT2D eigenvalue weighted by Gasteiger charge is -2.30. The summed E-state index contributed by atoms with van der Waals surface area (Å²) < 4.78 is 0. The van der Waals surface area contributed by atoms with Gasteiger partial charge in [0.05, 0.1) is 5.54 Å². The van der Waals surface area contributed by atoms with Crippen LogP contribution in [-0.4, -0.2) is 48.6 Å². The lowest BCUT2D eigenvalue weighted by molar-refractivity contribution is -0.128. The molecule has 19 heavy (non-hydrogen) atoms. The average molecular weight is 267 g/mol. The third kappa shape index (κ3) is 3.69. The van der Waals surface area contributed by atoms with Crippen molar-refractivity contribution in [3.05, 3.63) is 0 Å². The van der Waals surface area contributed by atoms with Crippen LogP contribution in [0.3, 0.4) is 0 Å². The van der Waals surface area contributed by atoms with Gasteiger partial charge in [-0.25, -0.2) is 0 Å². The third-order valence-corrected chi connectivity index (χ3v) is 4.46. The molecule has 2 aliphatic heterocycles. The first-order chi connectivity index (χ1) is 9.16. The molecular weight excluding hydrogens is 238 g/mol. The van der Waals surface area contributed by atoms with Gasteiger partial charge in [-0.2, -0.15) is 0 Å². The summed E-state index contributed by atoms with van der Waals surface area (Å²) in [5.74, 6) is 0.221. The molecule has 0 aromatic carbocycles. The summed E-state index contributed by atoms with van der Waals surface area (Å²) in [5.41, 5.74) is -0.284. The smallest absolute Gasteiger partial charge is 0.240 e. The van der Waals surface area contributed by atoms with E-state index in [4.69, 9.17) is 0 Å². The lowest BCUT2D eigenvalue weighted by atomic mass is 9.90. The van der Waals surface area contributed by atoms with Crippen molar-refractivity contribution in [1.29, 1.82) is 0 Å². The van der Waals surface area contributed by atoms with Crippen LogP contribution < -0.4 is 10.6 Å². The molecule has 2 rings (SSSR count). The van der Waals surface area contributed by atoms with E-state index in [1.165, 1.54) is 25.9 Å². The summed E-state index contributed by atoms with van der Waals surface area (Å²) in [5, 5.41) is 6.68. The van der Waals surface area contributed by atoms with E-state index in [0.717, 1.165) is 38.8 Å². The number of likely N-dealkylation sites (tertiary alicyclic amines) is 1. The normalized spacial score (nSPS) is 29.6. The molecule has 0 aromatic rings. The molecule has 2 aliphatic rings. The molecule has 2 heterocycles. The topological polar surface area (TPSA) is 44.4 Å². The van der Waals surface area contributed by atoms with E-state index in [1.807, 2.05) is 0 Å². The van der Waals surface area contributed by atoms with E-state index in [-0.39, 0.29) is 17.5 Å². The summed E-state index contributed by atoms with van der Waals surface area (Å²) in [6.45, 7) is 8.65. The van der Waals surface area contributed by atoms with Gasteiger partial charge < -0.3 is 15.5 Å². The van der Waals surface area contributed by atoms with Crippen LogP contribution in [0.4, 0.5) is 0 Å². The fourth-order valence-electron chi connectivity index (χ4n) is 3.51. The van der Waals surface area contributed by atoms with Crippen LogP contribution >= 0.6 is 0 Å². The van der Waals surface area contributed by atoms with E-state index in [2.05, 4.69) is 29.4 Å². The summed E-state index contributed by atoms with van der Waals surface area (Å²) in [4.78, 5) is 15.0. The summed E-state index contributed by atoms with van der Waals surface area (Å²) >= 11 is 0. The molecular formula is C15H29N3O. The molecule has 0 aliphatic carbocycles. The molecule has 2 fully saturated rings. The monoisotopic (exact) mass is 267 g/mol. The zero-order valence-electron chi connectivity index (χ0n) is 12.5. The Hall–Kier alpha value is -0.610. The molecule has 0 spiro atoms. The second kappa shape index (κ2) is 6.71. The Morgan fingerprint density at radius 3 is 2.68 bits per heavy atom. The van der Waals surface area contributed by atoms with Crippen LogP contribution in [-0.2, 0) is 4.79 Å². The van der Waals surface area contributed by atoms with Crippen LogP contribution in [0.1, 0.15) is 52.4 Å². The first kappa shape index (κ1) is 14.8. The standard InChI is InChI=1S/C15H29N3O/c1-3-7-15(8-6-9-16-15)14(19)17-13(2)12-18-10-4-5-11-18/h13,16H,3-12H2,1-2H3,(H,17,19). The Balaban J connectivity index is 1.84. The maximum Gasteiger partial charge on any atom is 0.240 e. The van der Waals surface area contributed by atoms with Gasteiger partial charge in [-0.3, -0.25) is 4.79 Å². The number of hydrogen-bond donors (Lipinski definition) is 2. The highest BCUT2D eigenvalue weighted by Crippen LogP contribution is 2.25. The average Bonchev–Trinajstić information content (AvgIpc) is 3.01. The largest absolute Gasteiger partial charge is 0.351 e. The van der Waals surface area contributed by atoms with Gasteiger partial charge in [-0.05, 0) is 58.7 Å². The molecule has 2 atom stereocenters. The molecule has 0 bridgehead atoms. The van der Waals surface area contributed by atoms with Gasteiger partial charge in [-0.15, -0.1) is 0 Å². The van der Waals surface area contributed by atoms with Crippen LogP contribution in [0.15, 0.2) is 0 Å². The van der Waals surface area contributed by atoms with Crippen LogP contribution in [0.2, 0.25) is 0 Å². The summed E-state index contributed by atoms with van der Waals surface area (Å²) in [7, 11) is 0. The molecule has 0 aromatic heterocycles. The molecule has 0 radical (unpaired) electrons. The summed E-state index contributed by atoms with van der Waals surface area (Å²) in [6.07, 6.45) is 6.73. The lowest BCUT2D eigenvalue weighted by Crippen LogP contribution is -2.56. The third-order valence-electron chi connectivity index (χ3n) is 4.46. The number of amides is 1. The first-order valence-corrected chi connectivity index (χ1v) is 7.94. The van der Waals surface area contributed by atoms with Crippen molar-refractivity contribution >= 4 is 5.91 Å². The van der Waals surface area contributed by atoms with Crippen molar-refractivity contribution in [3.8, 4) is 0 Å². The zero-order chi connectivity index (χ0) is 13.7. The van der Waals surface area contributed by atoms with Crippen LogP contribution in [0.25, 0.3) is 0 Å². The Labute approximate surface area is 117 Å². The quantitative estimate of drug-likeness (QED) is 0.767. The fraction of sp³-hybridized carbons (Fsp3) is 0.933. The van der Waals surface area contributed by atoms with Gasteiger partial charge >= 0.3 is 0 Å². The molecule has 0 saturated carbocycles.